The number of halogens is 1. The van der Waals surface area contributed by atoms with Gasteiger partial charge in [0.05, 0.1) is 18.3 Å². The van der Waals surface area contributed by atoms with Crippen molar-refractivity contribution in [2.45, 2.75) is 6.92 Å². The lowest BCUT2D eigenvalue weighted by atomic mass is 10.2. The molecule has 0 unspecified atom stereocenters. The molecular formula is C19H15ClN2O4S. The summed E-state index contributed by atoms with van der Waals surface area (Å²) < 4.78 is 11.7. The minimum atomic E-state index is -0.556. The molecule has 0 radical (unpaired) electrons. The lowest BCUT2D eigenvalue weighted by Gasteiger charge is -2.09. The van der Waals surface area contributed by atoms with Gasteiger partial charge in [0.25, 0.3) is 0 Å². The number of amides is 1. The third-order valence-electron chi connectivity index (χ3n) is 3.55. The van der Waals surface area contributed by atoms with Crippen molar-refractivity contribution in [2.24, 2.45) is 5.10 Å². The third-order valence-corrected chi connectivity index (χ3v) is 5.20. The zero-order valence-corrected chi connectivity index (χ0v) is 16.1. The number of hydrogen-bond donors (Lipinski definition) is 1. The molecule has 0 aliphatic rings. The summed E-state index contributed by atoms with van der Waals surface area (Å²) in [5, 5.41) is 4.97. The molecule has 138 valence electrons. The average Bonchev–Trinajstić information content (AvgIpc) is 2.99. The monoisotopic (exact) mass is 402 g/mol. The van der Waals surface area contributed by atoms with Crippen LogP contribution in [0.15, 0.2) is 47.6 Å². The molecule has 1 amide bonds. The molecule has 0 fully saturated rings. The summed E-state index contributed by atoms with van der Waals surface area (Å²) in [5.41, 5.74) is 2.98. The lowest BCUT2D eigenvalue weighted by Crippen LogP contribution is -2.12. The molecule has 0 atom stereocenters. The standard InChI is InChI=1S/C19H15ClN2O4S/c1-11(23)22-21-10-12-7-8-14(15(9-12)25-2)26-19(24)18-17(20)13-5-3-4-6-16(13)27-18/h3-10H,1-2H3,(H,22,23)/b21-10-. The van der Waals surface area contributed by atoms with Crippen molar-refractivity contribution in [1.29, 1.82) is 0 Å². The maximum Gasteiger partial charge on any atom is 0.355 e. The first-order chi connectivity index (χ1) is 13.0. The van der Waals surface area contributed by atoms with Gasteiger partial charge in [0.1, 0.15) is 4.88 Å². The molecule has 0 bridgehead atoms. The van der Waals surface area contributed by atoms with Gasteiger partial charge in [-0.3, -0.25) is 4.79 Å². The Bertz CT molecular complexity index is 1050. The fraction of sp³-hybridized carbons (Fsp3) is 0.105. The van der Waals surface area contributed by atoms with E-state index in [0.29, 0.717) is 21.2 Å². The summed E-state index contributed by atoms with van der Waals surface area (Å²) in [4.78, 5) is 23.8. The summed E-state index contributed by atoms with van der Waals surface area (Å²) in [6, 6.07) is 12.4. The zero-order valence-electron chi connectivity index (χ0n) is 14.5. The van der Waals surface area contributed by atoms with E-state index in [0.717, 1.165) is 10.1 Å². The van der Waals surface area contributed by atoms with Gasteiger partial charge in [-0.15, -0.1) is 11.3 Å². The van der Waals surface area contributed by atoms with E-state index in [1.807, 2.05) is 24.3 Å². The van der Waals surface area contributed by atoms with E-state index in [9.17, 15) is 9.59 Å². The fourth-order valence-corrected chi connectivity index (χ4v) is 3.72. The topological polar surface area (TPSA) is 77.0 Å². The lowest BCUT2D eigenvalue weighted by molar-refractivity contribution is -0.118. The molecule has 1 N–H and O–H groups in total. The largest absolute Gasteiger partial charge is 0.493 e. The van der Waals surface area contributed by atoms with Gasteiger partial charge in [-0.25, -0.2) is 10.2 Å². The summed E-state index contributed by atoms with van der Waals surface area (Å²) >= 11 is 7.60. The van der Waals surface area contributed by atoms with Gasteiger partial charge >= 0.3 is 5.97 Å². The SMILES string of the molecule is COc1cc(/C=N\NC(C)=O)ccc1OC(=O)c1sc2ccccc2c1Cl. The minimum Gasteiger partial charge on any atom is -0.493 e. The Hall–Kier alpha value is -2.90. The van der Waals surface area contributed by atoms with E-state index >= 15 is 0 Å². The normalized spacial score (nSPS) is 10.9. The van der Waals surface area contributed by atoms with Crippen LogP contribution in [-0.4, -0.2) is 25.2 Å². The van der Waals surface area contributed by atoms with E-state index in [2.05, 4.69) is 10.5 Å². The number of methoxy groups -OCH3 is 1. The number of nitrogens with one attached hydrogen (secondary N) is 1. The molecule has 0 aliphatic carbocycles. The third kappa shape index (κ3) is 4.27. The van der Waals surface area contributed by atoms with Crippen LogP contribution in [0.3, 0.4) is 0 Å². The highest BCUT2D eigenvalue weighted by atomic mass is 35.5. The number of nitrogens with zero attached hydrogens (tertiary/aromatic N) is 1. The van der Waals surface area contributed by atoms with Gasteiger partial charge in [-0.2, -0.15) is 5.10 Å². The van der Waals surface area contributed by atoms with Crippen molar-refractivity contribution in [3.8, 4) is 11.5 Å². The van der Waals surface area contributed by atoms with Crippen LogP contribution in [0.4, 0.5) is 0 Å². The van der Waals surface area contributed by atoms with Gasteiger partial charge in [-0.05, 0) is 29.8 Å². The number of thiophene rings is 1. The Labute approximate surface area is 164 Å². The fourth-order valence-electron chi connectivity index (χ4n) is 2.34. The van der Waals surface area contributed by atoms with Gasteiger partial charge in [-0.1, -0.05) is 29.8 Å². The van der Waals surface area contributed by atoms with E-state index < -0.39 is 5.97 Å². The second-order valence-electron chi connectivity index (χ2n) is 5.47. The Morgan fingerprint density at radius 1 is 1.19 bits per heavy atom. The summed E-state index contributed by atoms with van der Waals surface area (Å²) in [6.07, 6.45) is 1.46. The molecule has 0 saturated carbocycles. The van der Waals surface area contributed by atoms with E-state index in [-0.39, 0.29) is 11.7 Å². The average molecular weight is 403 g/mol. The summed E-state index contributed by atoms with van der Waals surface area (Å²) in [6.45, 7) is 1.36. The number of fused-ring (bicyclic) bond motifs is 1. The molecule has 1 heterocycles. The van der Waals surface area contributed by atoms with Crippen molar-refractivity contribution >= 4 is 51.1 Å². The zero-order chi connectivity index (χ0) is 19.4. The highest BCUT2D eigenvalue weighted by Crippen LogP contribution is 2.36. The number of hydrogen-bond acceptors (Lipinski definition) is 6. The smallest absolute Gasteiger partial charge is 0.355 e. The molecule has 0 saturated heterocycles. The molecule has 27 heavy (non-hydrogen) atoms. The van der Waals surface area contributed by atoms with Crippen LogP contribution in [-0.2, 0) is 4.79 Å². The molecule has 0 aliphatic heterocycles. The number of esters is 1. The predicted octanol–water partition coefficient (Wildman–Crippen LogP) is 4.25. The quantitative estimate of drug-likeness (QED) is 0.299. The molecule has 6 nitrogen and oxygen atoms in total. The van der Waals surface area contributed by atoms with Gasteiger partial charge < -0.3 is 9.47 Å². The Balaban J connectivity index is 1.83. The van der Waals surface area contributed by atoms with Crippen molar-refractivity contribution in [2.75, 3.05) is 7.11 Å². The van der Waals surface area contributed by atoms with Crippen LogP contribution >= 0.6 is 22.9 Å². The van der Waals surface area contributed by atoms with Crippen molar-refractivity contribution in [3.05, 3.63) is 57.9 Å². The van der Waals surface area contributed by atoms with E-state index in [1.54, 1.807) is 18.2 Å². The van der Waals surface area contributed by atoms with Crippen LogP contribution in [0.1, 0.15) is 22.2 Å². The molecule has 3 aromatic rings. The van der Waals surface area contributed by atoms with Crippen LogP contribution in [0.25, 0.3) is 10.1 Å². The van der Waals surface area contributed by atoms with Crippen LogP contribution < -0.4 is 14.9 Å². The molecule has 0 spiro atoms. The molecule has 3 rings (SSSR count). The number of carbonyl (C=O) groups excluding carboxylic acids is 2. The van der Waals surface area contributed by atoms with Crippen LogP contribution in [0, 0.1) is 0 Å². The first-order valence-electron chi connectivity index (χ1n) is 7.86. The molecule has 1 aromatic heterocycles. The minimum absolute atomic E-state index is 0.257. The van der Waals surface area contributed by atoms with Gasteiger partial charge in [0.2, 0.25) is 5.91 Å². The van der Waals surface area contributed by atoms with Crippen molar-refractivity contribution in [1.82, 2.24) is 5.43 Å². The Morgan fingerprint density at radius 2 is 1.96 bits per heavy atom. The number of hydrazone groups is 1. The maximum atomic E-state index is 12.6. The van der Waals surface area contributed by atoms with Crippen LogP contribution in [0.2, 0.25) is 5.02 Å². The Kier molecular flexibility index (Phi) is 5.73. The van der Waals surface area contributed by atoms with E-state index in [1.165, 1.54) is 31.6 Å². The summed E-state index contributed by atoms with van der Waals surface area (Å²) in [7, 11) is 1.47. The van der Waals surface area contributed by atoms with Gasteiger partial charge in [0.15, 0.2) is 11.5 Å². The molecule has 2 aromatic carbocycles. The number of carbonyl (C=O) groups is 2. The highest BCUT2D eigenvalue weighted by Gasteiger charge is 2.20. The number of rotatable bonds is 5. The number of ether oxygens (including phenoxy) is 2. The highest BCUT2D eigenvalue weighted by molar-refractivity contribution is 7.21. The van der Waals surface area contributed by atoms with E-state index in [4.69, 9.17) is 21.1 Å². The summed E-state index contributed by atoms with van der Waals surface area (Å²) in [5.74, 6) is -0.219. The van der Waals surface area contributed by atoms with Crippen molar-refractivity contribution in [3.63, 3.8) is 0 Å². The molecule has 8 heteroatoms. The number of benzene rings is 2. The first kappa shape index (κ1) is 18.9. The van der Waals surface area contributed by atoms with Gasteiger partial charge in [0, 0.05) is 17.0 Å². The first-order valence-corrected chi connectivity index (χ1v) is 9.06. The van der Waals surface area contributed by atoms with Crippen LogP contribution in [0.5, 0.6) is 11.5 Å². The second-order valence-corrected chi connectivity index (χ2v) is 6.90. The van der Waals surface area contributed by atoms with Crippen molar-refractivity contribution < 1.29 is 19.1 Å². The maximum absolute atomic E-state index is 12.6. The Morgan fingerprint density at radius 3 is 2.67 bits per heavy atom. The molecular weight excluding hydrogens is 388 g/mol. The predicted molar refractivity (Wildman–Crippen MR) is 106 cm³/mol. The second kappa shape index (κ2) is 8.20.